The number of aliphatic imine (C=N–C) groups is 1. The number of carbonyl (C=O) groups is 2. The molecule has 37 heavy (non-hydrogen) atoms. The van der Waals surface area contributed by atoms with Crippen LogP contribution in [-0.2, 0) is 9.53 Å². The van der Waals surface area contributed by atoms with Crippen LogP contribution in [0.2, 0.25) is 0 Å². The lowest BCUT2D eigenvalue weighted by Crippen LogP contribution is -2.40. The summed E-state index contributed by atoms with van der Waals surface area (Å²) in [5.74, 6) is 1.05. The first kappa shape index (κ1) is 27.2. The highest BCUT2D eigenvalue weighted by Gasteiger charge is 2.30. The molecule has 0 spiro atoms. The number of methoxy groups -OCH3 is 1. The molecule has 196 valence electrons. The van der Waals surface area contributed by atoms with E-state index in [1.165, 1.54) is 16.7 Å². The molecule has 8 nitrogen and oxygen atoms in total. The summed E-state index contributed by atoms with van der Waals surface area (Å²) in [7, 11) is 3.29. The molecule has 2 saturated heterocycles. The van der Waals surface area contributed by atoms with Gasteiger partial charge in [-0.05, 0) is 76.1 Å². The van der Waals surface area contributed by atoms with Gasteiger partial charge in [0.2, 0.25) is 0 Å². The SMILES string of the molecule is CCCCOc1c(Br)cc(/C=C2/SC(=Nc3cccc(C(=O)N4CCOCC4)c3)N(C)C2=O)cc1OC. The minimum Gasteiger partial charge on any atom is -0.493 e. The van der Waals surface area contributed by atoms with Crippen molar-refractivity contribution in [1.82, 2.24) is 9.80 Å². The number of halogens is 1. The quantitative estimate of drug-likeness (QED) is 0.306. The molecule has 0 aromatic heterocycles. The van der Waals surface area contributed by atoms with Crippen molar-refractivity contribution in [3.8, 4) is 11.5 Å². The number of amidine groups is 1. The van der Waals surface area contributed by atoms with Crippen LogP contribution in [0.5, 0.6) is 11.5 Å². The molecular weight excluding hydrogens is 558 g/mol. The smallest absolute Gasteiger partial charge is 0.266 e. The Hall–Kier alpha value is -2.82. The first-order chi connectivity index (χ1) is 17.9. The molecule has 4 rings (SSSR count). The molecule has 2 fully saturated rings. The van der Waals surface area contributed by atoms with Gasteiger partial charge in [0.25, 0.3) is 11.8 Å². The lowest BCUT2D eigenvalue weighted by molar-refractivity contribution is -0.121. The van der Waals surface area contributed by atoms with Gasteiger partial charge in [0, 0.05) is 25.7 Å². The van der Waals surface area contributed by atoms with Crippen molar-refractivity contribution in [3.63, 3.8) is 0 Å². The van der Waals surface area contributed by atoms with Crippen LogP contribution < -0.4 is 9.47 Å². The monoisotopic (exact) mass is 587 g/mol. The molecular formula is C27H30BrN3O5S. The van der Waals surface area contributed by atoms with Gasteiger partial charge in [-0.25, -0.2) is 4.99 Å². The van der Waals surface area contributed by atoms with Gasteiger partial charge >= 0.3 is 0 Å². The maximum absolute atomic E-state index is 13.0. The predicted molar refractivity (Wildman–Crippen MR) is 150 cm³/mol. The summed E-state index contributed by atoms with van der Waals surface area (Å²) in [6.07, 6.45) is 3.80. The standard InChI is InChI=1S/C27H30BrN3O5S/c1-4-5-11-36-24-21(28)14-18(15-22(24)34-3)16-23-26(33)30(2)27(37-23)29-20-8-6-7-19(17-20)25(32)31-9-12-35-13-10-31/h6-8,14-17H,4-5,9-13H2,1-3H3/b23-16+,29-27?. The number of hydrogen-bond donors (Lipinski definition) is 0. The van der Waals surface area contributed by atoms with Gasteiger partial charge in [-0.15, -0.1) is 0 Å². The fourth-order valence-corrected chi connectivity index (χ4v) is 5.41. The van der Waals surface area contributed by atoms with Crippen LogP contribution in [0.3, 0.4) is 0 Å². The fourth-order valence-electron chi connectivity index (χ4n) is 3.85. The fraction of sp³-hybridized carbons (Fsp3) is 0.370. The minimum absolute atomic E-state index is 0.0453. The number of likely N-dealkylation sites (N-methyl/N-ethyl adjacent to an activating group) is 1. The number of hydrogen-bond acceptors (Lipinski definition) is 7. The maximum atomic E-state index is 13.0. The van der Waals surface area contributed by atoms with Crippen LogP contribution in [0, 0.1) is 0 Å². The van der Waals surface area contributed by atoms with E-state index in [0.29, 0.717) is 65.7 Å². The molecule has 2 aromatic rings. The van der Waals surface area contributed by atoms with E-state index in [9.17, 15) is 9.59 Å². The van der Waals surface area contributed by atoms with Gasteiger partial charge in [0.15, 0.2) is 16.7 Å². The summed E-state index contributed by atoms with van der Waals surface area (Å²) in [5.41, 5.74) is 1.98. The van der Waals surface area contributed by atoms with Crippen molar-refractivity contribution >= 4 is 56.4 Å². The van der Waals surface area contributed by atoms with Crippen LogP contribution in [0.4, 0.5) is 5.69 Å². The average molecular weight is 589 g/mol. The third-order valence-electron chi connectivity index (χ3n) is 5.91. The molecule has 0 bridgehead atoms. The summed E-state index contributed by atoms with van der Waals surface area (Å²) in [6.45, 7) is 4.95. The van der Waals surface area contributed by atoms with Gasteiger partial charge in [-0.3, -0.25) is 14.5 Å². The molecule has 2 aromatic carbocycles. The number of ether oxygens (including phenoxy) is 3. The summed E-state index contributed by atoms with van der Waals surface area (Å²) in [5, 5.41) is 0.540. The summed E-state index contributed by atoms with van der Waals surface area (Å²) < 4.78 is 17.5. The molecule has 0 N–H and O–H groups in total. The Balaban J connectivity index is 1.54. The van der Waals surface area contributed by atoms with Crippen LogP contribution in [0.15, 0.2) is 50.8 Å². The van der Waals surface area contributed by atoms with Crippen LogP contribution in [0.25, 0.3) is 6.08 Å². The highest BCUT2D eigenvalue weighted by Crippen LogP contribution is 2.39. The molecule has 0 radical (unpaired) electrons. The topological polar surface area (TPSA) is 80.7 Å². The van der Waals surface area contributed by atoms with Crippen LogP contribution in [0.1, 0.15) is 35.7 Å². The molecule has 2 heterocycles. The highest BCUT2D eigenvalue weighted by atomic mass is 79.9. The molecule has 2 amide bonds. The zero-order valence-corrected chi connectivity index (χ0v) is 23.6. The third-order valence-corrected chi connectivity index (χ3v) is 7.56. The third kappa shape index (κ3) is 6.55. The second-order valence-electron chi connectivity index (χ2n) is 8.56. The number of thioether (sulfide) groups is 1. The predicted octanol–water partition coefficient (Wildman–Crippen LogP) is 5.34. The van der Waals surface area contributed by atoms with E-state index < -0.39 is 0 Å². The number of rotatable bonds is 8. The van der Waals surface area contributed by atoms with E-state index in [-0.39, 0.29) is 11.8 Å². The van der Waals surface area contributed by atoms with Crippen LogP contribution >= 0.6 is 27.7 Å². The molecule has 2 aliphatic heterocycles. The maximum Gasteiger partial charge on any atom is 0.266 e. The van der Waals surface area contributed by atoms with Gasteiger partial charge in [-0.1, -0.05) is 19.4 Å². The van der Waals surface area contributed by atoms with Crippen molar-refractivity contribution in [2.45, 2.75) is 19.8 Å². The second kappa shape index (κ2) is 12.6. The van der Waals surface area contributed by atoms with E-state index in [4.69, 9.17) is 14.2 Å². The average Bonchev–Trinajstić information content (AvgIpc) is 3.17. The van der Waals surface area contributed by atoms with E-state index in [1.54, 1.807) is 37.3 Å². The first-order valence-electron chi connectivity index (χ1n) is 12.1. The molecule has 0 saturated carbocycles. The lowest BCUT2D eigenvalue weighted by atomic mass is 10.1. The number of unbranched alkanes of at least 4 members (excludes halogenated alkanes) is 1. The largest absolute Gasteiger partial charge is 0.493 e. The lowest BCUT2D eigenvalue weighted by Gasteiger charge is -2.26. The van der Waals surface area contributed by atoms with Gasteiger partial charge < -0.3 is 19.1 Å². The Labute approximate surface area is 229 Å². The van der Waals surface area contributed by atoms with Crippen molar-refractivity contribution in [2.75, 3.05) is 47.1 Å². The Morgan fingerprint density at radius 2 is 2.03 bits per heavy atom. The number of carbonyl (C=O) groups excluding carboxylic acids is 2. The Morgan fingerprint density at radius 1 is 1.24 bits per heavy atom. The van der Waals surface area contributed by atoms with E-state index in [1.807, 2.05) is 24.3 Å². The number of amides is 2. The molecule has 2 aliphatic rings. The molecule has 0 aliphatic carbocycles. The summed E-state index contributed by atoms with van der Waals surface area (Å²) in [6, 6.07) is 10.9. The number of benzene rings is 2. The highest BCUT2D eigenvalue weighted by molar-refractivity contribution is 9.10. The van der Waals surface area contributed by atoms with Gasteiger partial charge in [-0.2, -0.15) is 0 Å². The second-order valence-corrected chi connectivity index (χ2v) is 10.4. The zero-order valence-electron chi connectivity index (χ0n) is 21.2. The molecule has 0 atom stereocenters. The normalized spacial score (nSPS) is 18.1. The number of morpholine rings is 1. The van der Waals surface area contributed by atoms with Gasteiger partial charge in [0.05, 0.1) is 42.0 Å². The van der Waals surface area contributed by atoms with Crippen molar-refractivity contribution in [1.29, 1.82) is 0 Å². The van der Waals surface area contributed by atoms with E-state index >= 15 is 0 Å². The van der Waals surface area contributed by atoms with Crippen molar-refractivity contribution in [3.05, 3.63) is 56.9 Å². The van der Waals surface area contributed by atoms with E-state index in [0.717, 1.165) is 22.9 Å². The van der Waals surface area contributed by atoms with Crippen LogP contribution in [-0.4, -0.2) is 73.8 Å². The molecule has 0 unspecified atom stereocenters. The summed E-state index contributed by atoms with van der Waals surface area (Å²) >= 11 is 4.86. The van der Waals surface area contributed by atoms with Gasteiger partial charge in [0.1, 0.15) is 0 Å². The Bertz CT molecular complexity index is 1230. The minimum atomic E-state index is -0.150. The van der Waals surface area contributed by atoms with Crippen molar-refractivity contribution in [2.24, 2.45) is 4.99 Å². The Kier molecular flexibility index (Phi) is 9.28. The molecule has 10 heteroatoms. The zero-order chi connectivity index (χ0) is 26.4. The van der Waals surface area contributed by atoms with E-state index in [2.05, 4.69) is 27.8 Å². The van der Waals surface area contributed by atoms with Crippen molar-refractivity contribution < 1.29 is 23.8 Å². The summed E-state index contributed by atoms with van der Waals surface area (Å²) in [4.78, 5) is 34.4. The first-order valence-corrected chi connectivity index (χ1v) is 13.8. The Morgan fingerprint density at radius 3 is 2.76 bits per heavy atom. The number of nitrogens with zero attached hydrogens (tertiary/aromatic N) is 3.